The van der Waals surface area contributed by atoms with Crippen LogP contribution in [0.2, 0.25) is 0 Å². The number of ether oxygens (including phenoxy) is 1. The molecule has 1 unspecified atom stereocenters. The van der Waals surface area contributed by atoms with Crippen molar-refractivity contribution in [1.82, 2.24) is 4.90 Å². The lowest BCUT2D eigenvalue weighted by atomic mass is 9.85. The fourth-order valence-electron chi connectivity index (χ4n) is 2.71. The average Bonchev–Trinajstić information content (AvgIpc) is 2.30. The topological polar surface area (TPSA) is 36.3 Å². The number of nitrogens with zero attached hydrogens (tertiary/aromatic N) is 2. The van der Waals surface area contributed by atoms with Gasteiger partial charge in [0.2, 0.25) is 0 Å². The summed E-state index contributed by atoms with van der Waals surface area (Å²) in [7, 11) is 2.06. The lowest BCUT2D eigenvalue weighted by Crippen LogP contribution is -2.49. The second-order valence-electron chi connectivity index (χ2n) is 4.86. The van der Waals surface area contributed by atoms with E-state index in [1.165, 1.54) is 24.3 Å². The Labute approximate surface area is 102 Å². The van der Waals surface area contributed by atoms with Crippen molar-refractivity contribution < 1.29 is 4.74 Å². The van der Waals surface area contributed by atoms with Crippen LogP contribution in [0.5, 0.6) is 0 Å². The van der Waals surface area contributed by atoms with Crippen LogP contribution in [0.25, 0.3) is 0 Å². The van der Waals surface area contributed by atoms with E-state index in [9.17, 15) is 0 Å². The van der Waals surface area contributed by atoms with E-state index in [-0.39, 0.29) is 5.60 Å². The van der Waals surface area contributed by atoms with E-state index in [0.29, 0.717) is 12.6 Å². The molecule has 0 radical (unpaired) electrons. The Morgan fingerprint density at radius 3 is 2.94 bits per heavy atom. The van der Waals surface area contributed by atoms with Crippen LogP contribution in [0, 0.1) is 11.3 Å². The normalized spacial score (nSPS) is 29.2. The first-order valence-electron chi connectivity index (χ1n) is 6.05. The van der Waals surface area contributed by atoms with Gasteiger partial charge in [-0.2, -0.15) is 17.0 Å². The van der Waals surface area contributed by atoms with Crippen molar-refractivity contribution in [1.29, 1.82) is 5.26 Å². The van der Waals surface area contributed by atoms with Crippen LogP contribution in [0.1, 0.15) is 25.7 Å². The van der Waals surface area contributed by atoms with Crippen molar-refractivity contribution >= 4 is 11.8 Å². The largest absolute Gasteiger partial charge is 0.375 e. The molecule has 16 heavy (non-hydrogen) atoms. The zero-order valence-corrected chi connectivity index (χ0v) is 10.8. The average molecular weight is 240 g/mol. The van der Waals surface area contributed by atoms with Gasteiger partial charge in [-0.15, -0.1) is 0 Å². The molecule has 0 aromatic heterocycles. The third kappa shape index (κ3) is 2.71. The summed E-state index contributed by atoms with van der Waals surface area (Å²) >= 11 is 2.04. The van der Waals surface area contributed by atoms with Gasteiger partial charge >= 0.3 is 0 Å². The first kappa shape index (κ1) is 12.2. The molecule has 0 N–H and O–H groups in total. The van der Waals surface area contributed by atoms with Crippen LogP contribution in [0.3, 0.4) is 0 Å². The maximum Gasteiger partial charge on any atom is 0.0865 e. The Bertz CT molecular complexity index is 265. The van der Waals surface area contributed by atoms with E-state index in [0.717, 1.165) is 19.4 Å². The molecule has 0 aromatic rings. The molecule has 2 fully saturated rings. The zero-order valence-electron chi connectivity index (χ0n) is 9.95. The summed E-state index contributed by atoms with van der Waals surface area (Å²) in [5.74, 6) is 2.46. The predicted octanol–water partition coefficient (Wildman–Crippen LogP) is 1.89. The number of nitriles is 1. The molecule has 1 atom stereocenters. The van der Waals surface area contributed by atoms with Gasteiger partial charge in [-0.3, -0.25) is 4.90 Å². The van der Waals surface area contributed by atoms with Crippen molar-refractivity contribution in [2.75, 3.05) is 31.7 Å². The van der Waals surface area contributed by atoms with Gasteiger partial charge in [0.15, 0.2) is 0 Å². The molecule has 3 nitrogen and oxygen atoms in total. The van der Waals surface area contributed by atoms with Gasteiger partial charge in [0.05, 0.1) is 18.2 Å². The van der Waals surface area contributed by atoms with E-state index in [1.54, 1.807) is 0 Å². The zero-order chi connectivity index (χ0) is 11.4. The second-order valence-corrected chi connectivity index (χ2v) is 6.09. The molecule has 1 spiro atoms. The minimum absolute atomic E-state index is 0.137. The molecule has 2 rings (SSSR count). The number of hydrogen-bond donors (Lipinski definition) is 0. The highest BCUT2D eigenvalue weighted by Gasteiger charge is 2.39. The molecule has 2 heterocycles. The number of hydrogen-bond acceptors (Lipinski definition) is 4. The summed E-state index contributed by atoms with van der Waals surface area (Å²) in [4.78, 5) is 2.19. The van der Waals surface area contributed by atoms with E-state index < -0.39 is 0 Å². The van der Waals surface area contributed by atoms with Crippen LogP contribution >= 0.6 is 11.8 Å². The van der Waals surface area contributed by atoms with Gasteiger partial charge in [0, 0.05) is 12.6 Å². The summed E-state index contributed by atoms with van der Waals surface area (Å²) in [6.45, 7) is 1.40. The summed E-state index contributed by atoms with van der Waals surface area (Å²) in [5, 5.41) is 8.74. The second kappa shape index (κ2) is 5.39. The molecule has 2 aliphatic rings. The van der Waals surface area contributed by atoms with Crippen molar-refractivity contribution in [3.8, 4) is 6.07 Å². The third-order valence-corrected chi connectivity index (χ3v) is 4.80. The Morgan fingerprint density at radius 2 is 2.25 bits per heavy atom. The minimum Gasteiger partial charge on any atom is -0.375 e. The van der Waals surface area contributed by atoms with E-state index in [1.807, 2.05) is 11.8 Å². The standard InChI is InChI=1S/C12H20N2OS/c1-14(6-5-13)11-2-7-15-12(10-11)3-8-16-9-4-12/h11H,2-4,6-10H2,1H3. The fraction of sp³-hybridized carbons (Fsp3) is 0.917. The summed E-state index contributed by atoms with van der Waals surface area (Å²) in [6, 6.07) is 2.78. The molecule has 90 valence electrons. The molecular weight excluding hydrogens is 220 g/mol. The highest BCUT2D eigenvalue weighted by Crippen LogP contribution is 2.38. The molecule has 0 saturated carbocycles. The number of rotatable bonds is 2. The quantitative estimate of drug-likeness (QED) is 0.691. The van der Waals surface area contributed by atoms with Gasteiger partial charge in [0.25, 0.3) is 0 Å². The van der Waals surface area contributed by atoms with Gasteiger partial charge < -0.3 is 4.74 Å². The van der Waals surface area contributed by atoms with Crippen molar-refractivity contribution in [3.05, 3.63) is 0 Å². The molecule has 2 aliphatic heterocycles. The third-order valence-electron chi connectivity index (χ3n) is 3.81. The Kier molecular flexibility index (Phi) is 4.12. The first-order chi connectivity index (χ1) is 7.76. The van der Waals surface area contributed by atoms with Gasteiger partial charge in [-0.05, 0) is 44.2 Å². The van der Waals surface area contributed by atoms with Crippen molar-refractivity contribution in [3.63, 3.8) is 0 Å². The summed E-state index contributed by atoms with van der Waals surface area (Å²) in [6.07, 6.45) is 4.57. The molecule has 2 saturated heterocycles. The predicted molar refractivity (Wildman–Crippen MR) is 66.5 cm³/mol. The van der Waals surface area contributed by atoms with Crippen LogP contribution in [-0.4, -0.2) is 48.2 Å². The maximum atomic E-state index is 8.74. The summed E-state index contributed by atoms with van der Waals surface area (Å²) in [5.41, 5.74) is 0.137. The lowest BCUT2D eigenvalue weighted by Gasteiger charge is -2.45. The highest BCUT2D eigenvalue weighted by atomic mass is 32.2. The molecular formula is C12H20N2OS. The maximum absolute atomic E-state index is 8.74. The van der Waals surface area contributed by atoms with Crippen LogP contribution in [0.15, 0.2) is 0 Å². The SMILES string of the molecule is CN(CC#N)C1CCOC2(CCSCC2)C1. The van der Waals surface area contributed by atoms with Crippen molar-refractivity contribution in [2.24, 2.45) is 0 Å². The minimum atomic E-state index is 0.137. The highest BCUT2D eigenvalue weighted by molar-refractivity contribution is 7.99. The monoisotopic (exact) mass is 240 g/mol. The van der Waals surface area contributed by atoms with E-state index >= 15 is 0 Å². The van der Waals surface area contributed by atoms with Crippen LogP contribution in [-0.2, 0) is 4.74 Å². The van der Waals surface area contributed by atoms with Crippen molar-refractivity contribution in [2.45, 2.75) is 37.3 Å². The summed E-state index contributed by atoms with van der Waals surface area (Å²) < 4.78 is 6.04. The first-order valence-corrected chi connectivity index (χ1v) is 7.20. The van der Waals surface area contributed by atoms with Gasteiger partial charge in [-0.25, -0.2) is 0 Å². The Hall–Kier alpha value is -0.240. The van der Waals surface area contributed by atoms with Gasteiger partial charge in [-0.1, -0.05) is 0 Å². The fourth-order valence-corrected chi connectivity index (χ4v) is 3.95. The lowest BCUT2D eigenvalue weighted by molar-refractivity contribution is -0.106. The van der Waals surface area contributed by atoms with Crippen LogP contribution in [0.4, 0.5) is 0 Å². The Morgan fingerprint density at radius 1 is 1.50 bits per heavy atom. The molecule has 0 aromatic carbocycles. The molecule has 0 aliphatic carbocycles. The Balaban J connectivity index is 1.95. The molecule has 4 heteroatoms. The molecule has 0 amide bonds. The number of thioether (sulfide) groups is 1. The van der Waals surface area contributed by atoms with Crippen LogP contribution < -0.4 is 0 Å². The van der Waals surface area contributed by atoms with E-state index in [4.69, 9.17) is 10.00 Å². The smallest absolute Gasteiger partial charge is 0.0865 e. The van der Waals surface area contributed by atoms with E-state index in [2.05, 4.69) is 18.0 Å². The molecule has 0 bridgehead atoms. The van der Waals surface area contributed by atoms with Gasteiger partial charge in [0.1, 0.15) is 0 Å².